The van der Waals surface area contributed by atoms with Crippen LogP contribution in [0, 0.1) is 18.3 Å². The van der Waals surface area contributed by atoms with Crippen LogP contribution >= 0.6 is 0 Å². The van der Waals surface area contributed by atoms with Gasteiger partial charge in [0.2, 0.25) is 17.7 Å². The number of nitrogens with one attached hydrogen (secondary N) is 3. The summed E-state index contributed by atoms with van der Waals surface area (Å²) in [5.41, 5.74) is 0.411. The van der Waals surface area contributed by atoms with Crippen molar-refractivity contribution in [1.29, 1.82) is 0 Å². The number of benzene rings is 1. The second-order valence-corrected chi connectivity index (χ2v) is 11.3. The first-order chi connectivity index (χ1) is 19.4. The van der Waals surface area contributed by atoms with Gasteiger partial charge in [-0.3, -0.25) is 19.3 Å². The topological polar surface area (TPSA) is 126 Å². The van der Waals surface area contributed by atoms with Crippen LogP contribution in [-0.4, -0.2) is 72.7 Å². The van der Waals surface area contributed by atoms with Gasteiger partial charge in [-0.1, -0.05) is 47.6 Å². The summed E-state index contributed by atoms with van der Waals surface area (Å²) >= 11 is 0. The quantitative estimate of drug-likeness (QED) is 0.490. The van der Waals surface area contributed by atoms with E-state index in [1.807, 2.05) is 30.3 Å². The van der Waals surface area contributed by atoms with E-state index in [4.69, 9.17) is 9.26 Å². The van der Waals surface area contributed by atoms with Crippen LogP contribution in [0.2, 0.25) is 0 Å². The molecule has 10 heteroatoms. The van der Waals surface area contributed by atoms with Gasteiger partial charge in [-0.05, 0) is 50.5 Å². The molecular weight excluding hydrogens is 510 g/mol. The van der Waals surface area contributed by atoms with Crippen molar-refractivity contribution in [2.45, 2.75) is 57.5 Å². The van der Waals surface area contributed by atoms with Crippen LogP contribution in [0.15, 0.2) is 53.1 Å². The van der Waals surface area contributed by atoms with Crippen molar-refractivity contribution in [2.75, 3.05) is 38.2 Å². The lowest BCUT2D eigenvalue weighted by atomic mass is 9.75. The summed E-state index contributed by atoms with van der Waals surface area (Å²) in [6, 6.07) is 10.8. The molecule has 2 aromatic rings. The standard InChI is InChI=1S/C30H39N5O5/c1-21-17-26(34-40-21)33-27(36)20-35-14-10-24-23(19-35)9-5-6-11-30(12-15-39-16-13-30)29(38)32-25(28(37)31-24)18-22-7-3-2-4-8-22/h2-8,17,23-25H,9-16,18-20H2,1H3,(H,31,37)(H,32,38)(H,33,34,36)/b6-5+/t23-,24+,25-/m0/s1. The first kappa shape index (κ1) is 28.0. The Morgan fingerprint density at radius 1 is 1.15 bits per heavy atom. The number of allylic oxidation sites excluding steroid dienone is 2. The summed E-state index contributed by atoms with van der Waals surface area (Å²) < 4.78 is 10.6. The maximum absolute atomic E-state index is 13.7. The van der Waals surface area contributed by atoms with E-state index in [9.17, 15) is 14.4 Å². The third-order valence-corrected chi connectivity index (χ3v) is 8.36. The molecule has 214 valence electrons. The van der Waals surface area contributed by atoms with Gasteiger partial charge in [0.25, 0.3) is 0 Å². The number of rotatable bonds is 5. The lowest BCUT2D eigenvalue weighted by Crippen LogP contribution is -2.58. The Labute approximate surface area is 234 Å². The van der Waals surface area contributed by atoms with Crippen molar-refractivity contribution in [3.05, 3.63) is 59.9 Å². The van der Waals surface area contributed by atoms with Crippen molar-refractivity contribution in [3.8, 4) is 0 Å². The molecule has 1 aromatic carbocycles. The minimum Gasteiger partial charge on any atom is -0.381 e. The molecule has 3 aliphatic heterocycles. The molecular formula is C30H39N5O5. The number of carbonyl (C=O) groups excluding carboxylic acids is 3. The monoisotopic (exact) mass is 549 g/mol. The van der Waals surface area contributed by atoms with Gasteiger partial charge in [-0.15, -0.1) is 0 Å². The SMILES string of the molecule is Cc1cc(NC(=O)CN2CC[C@H]3NC(=O)[C@H](Cc4ccccc4)NC(=O)C4(C/C=C/C[C@H]3C2)CCOCC4)no1. The Morgan fingerprint density at radius 3 is 2.70 bits per heavy atom. The van der Waals surface area contributed by atoms with E-state index in [0.717, 1.165) is 12.0 Å². The van der Waals surface area contributed by atoms with Gasteiger partial charge in [-0.2, -0.15) is 0 Å². The van der Waals surface area contributed by atoms with Gasteiger partial charge in [0.15, 0.2) is 5.82 Å². The maximum atomic E-state index is 13.7. The number of aromatic nitrogens is 1. The first-order valence-electron chi connectivity index (χ1n) is 14.2. The van der Waals surface area contributed by atoms with Crippen LogP contribution in [0.25, 0.3) is 0 Å². The second kappa shape index (κ2) is 12.8. The lowest BCUT2D eigenvalue weighted by Gasteiger charge is -2.40. The number of hydrogen-bond acceptors (Lipinski definition) is 7. The number of amides is 3. The van der Waals surface area contributed by atoms with Gasteiger partial charge >= 0.3 is 0 Å². The van der Waals surface area contributed by atoms with Crippen LogP contribution in [0.1, 0.15) is 43.4 Å². The summed E-state index contributed by atoms with van der Waals surface area (Å²) in [7, 11) is 0. The summed E-state index contributed by atoms with van der Waals surface area (Å²) in [5, 5.41) is 13.0. The molecule has 3 aliphatic rings. The Morgan fingerprint density at radius 2 is 1.95 bits per heavy atom. The zero-order valence-electron chi connectivity index (χ0n) is 23.1. The van der Waals surface area contributed by atoms with Crippen LogP contribution < -0.4 is 16.0 Å². The number of ether oxygens (including phenoxy) is 1. The molecule has 0 aliphatic carbocycles. The van der Waals surface area contributed by atoms with Crippen LogP contribution in [0.3, 0.4) is 0 Å². The number of fused-ring (bicyclic) bond motifs is 1. The highest BCUT2D eigenvalue weighted by Gasteiger charge is 2.41. The Bertz CT molecular complexity index is 1210. The van der Waals surface area contributed by atoms with Gasteiger partial charge in [0.05, 0.1) is 12.0 Å². The minimum absolute atomic E-state index is 0.0544. The van der Waals surface area contributed by atoms with Crippen molar-refractivity contribution in [2.24, 2.45) is 11.3 Å². The normalized spacial score (nSPS) is 26.5. The zero-order valence-corrected chi connectivity index (χ0v) is 23.1. The molecule has 0 saturated carbocycles. The van der Waals surface area contributed by atoms with Crippen LogP contribution in [-0.2, 0) is 25.5 Å². The predicted molar refractivity (Wildman–Crippen MR) is 149 cm³/mol. The van der Waals surface area contributed by atoms with Gasteiger partial charge in [-0.25, -0.2) is 0 Å². The molecule has 0 bridgehead atoms. The van der Waals surface area contributed by atoms with E-state index in [2.05, 4.69) is 38.2 Å². The molecule has 3 atom stereocenters. The van der Waals surface area contributed by atoms with Crippen LogP contribution in [0.4, 0.5) is 5.82 Å². The molecule has 3 N–H and O–H groups in total. The van der Waals surface area contributed by atoms with Crippen molar-refractivity contribution < 1.29 is 23.6 Å². The first-order valence-corrected chi connectivity index (χ1v) is 14.2. The fourth-order valence-electron chi connectivity index (χ4n) is 6.01. The van der Waals surface area contributed by atoms with Gasteiger partial charge in [0, 0.05) is 44.8 Å². The Balaban J connectivity index is 1.32. The van der Waals surface area contributed by atoms with Crippen LogP contribution in [0.5, 0.6) is 0 Å². The largest absolute Gasteiger partial charge is 0.381 e. The third kappa shape index (κ3) is 6.98. The number of piperidine rings is 1. The van der Waals surface area contributed by atoms with E-state index in [-0.39, 0.29) is 36.2 Å². The number of nitrogens with zero attached hydrogens (tertiary/aromatic N) is 2. The molecule has 0 radical (unpaired) electrons. The van der Waals surface area contributed by atoms with Gasteiger partial charge < -0.3 is 25.2 Å². The molecule has 2 fully saturated rings. The fourth-order valence-corrected chi connectivity index (χ4v) is 6.01. The number of anilines is 1. The van der Waals surface area contributed by atoms with E-state index < -0.39 is 11.5 Å². The molecule has 1 spiro atoms. The maximum Gasteiger partial charge on any atom is 0.243 e. The predicted octanol–water partition coefficient (Wildman–Crippen LogP) is 2.60. The molecule has 3 amide bonds. The van der Waals surface area contributed by atoms with Crippen molar-refractivity contribution in [1.82, 2.24) is 20.7 Å². The van der Waals surface area contributed by atoms with E-state index >= 15 is 0 Å². The summed E-state index contributed by atoms with van der Waals surface area (Å²) in [5.74, 6) is 0.799. The number of carbonyl (C=O) groups is 3. The number of aryl methyl sites for hydroxylation is 1. The highest BCUT2D eigenvalue weighted by atomic mass is 16.5. The molecule has 5 rings (SSSR count). The summed E-state index contributed by atoms with van der Waals surface area (Å²) in [6.07, 6.45) is 8.02. The smallest absolute Gasteiger partial charge is 0.243 e. The fraction of sp³-hybridized carbons (Fsp3) is 0.533. The molecule has 0 unspecified atom stereocenters. The molecule has 40 heavy (non-hydrogen) atoms. The molecule has 10 nitrogen and oxygen atoms in total. The average molecular weight is 550 g/mol. The van der Waals surface area contributed by atoms with E-state index in [0.29, 0.717) is 70.0 Å². The zero-order chi connectivity index (χ0) is 28.0. The molecule has 2 saturated heterocycles. The molecule has 4 heterocycles. The minimum atomic E-state index is -0.673. The van der Waals surface area contributed by atoms with Gasteiger partial charge in [0.1, 0.15) is 11.8 Å². The van der Waals surface area contributed by atoms with E-state index in [1.54, 1.807) is 13.0 Å². The number of likely N-dealkylation sites (tertiary alicyclic amines) is 1. The Kier molecular flexibility index (Phi) is 8.96. The Hall–Kier alpha value is -3.50. The second-order valence-electron chi connectivity index (χ2n) is 11.3. The highest BCUT2D eigenvalue weighted by molar-refractivity contribution is 5.91. The highest BCUT2D eigenvalue weighted by Crippen LogP contribution is 2.36. The number of hydrogen-bond donors (Lipinski definition) is 3. The van der Waals surface area contributed by atoms with E-state index in [1.165, 1.54) is 0 Å². The lowest BCUT2D eigenvalue weighted by molar-refractivity contribution is -0.140. The van der Waals surface area contributed by atoms with Crippen molar-refractivity contribution in [3.63, 3.8) is 0 Å². The average Bonchev–Trinajstić information content (AvgIpc) is 3.36. The molecule has 1 aromatic heterocycles. The third-order valence-electron chi connectivity index (χ3n) is 8.36. The summed E-state index contributed by atoms with van der Waals surface area (Å²) in [6.45, 7) is 4.44. The van der Waals surface area contributed by atoms with Crippen molar-refractivity contribution >= 4 is 23.5 Å². The summed E-state index contributed by atoms with van der Waals surface area (Å²) in [4.78, 5) is 42.2.